The van der Waals surface area contributed by atoms with Gasteiger partial charge in [0.15, 0.2) is 0 Å². The van der Waals surface area contributed by atoms with E-state index in [2.05, 4.69) is 9.88 Å². The Morgan fingerprint density at radius 2 is 1.89 bits per heavy atom. The summed E-state index contributed by atoms with van der Waals surface area (Å²) in [6.45, 7) is 4.80. The minimum Gasteiger partial charge on any atom is -0.379 e. The molecule has 0 saturated carbocycles. The van der Waals surface area contributed by atoms with Crippen LogP contribution < -0.4 is 0 Å². The molecule has 2 aliphatic heterocycles. The summed E-state index contributed by atoms with van der Waals surface area (Å²) in [7, 11) is 0. The van der Waals surface area contributed by atoms with E-state index in [0.717, 1.165) is 25.2 Å². The molecule has 1 amide bonds. The highest BCUT2D eigenvalue weighted by molar-refractivity contribution is 5.94. The third kappa shape index (κ3) is 4.22. The summed E-state index contributed by atoms with van der Waals surface area (Å²) in [6.07, 6.45) is 3.34. The number of pyridine rings is 1. The highest BCUT2D eigenvalue weighted by Gasteiger charge is 2.38. The van der Waals surface area contributed by atoms with Crippen LogP contribution >= 0.6 is 0 Å². The van der Waals surface area contributed by atoms with Crippen LogP contribution in [0.25, 0.3) is 0 Å². The quantitative estimate of drug-likeness (QED) is 0.807. The van der Waals surface area contributed by atoms with Crippen molar-refractivity contribution in [1.82, 2.24) is 14.8 Å². The molecule has 2 aliphatic rings. The molecule has 7 heteroatoms. The van der Waals surface area contributed by atoms with Gasteiger partial charge in [0.05, 0.1) is 32.0 Å². The number of carbonyl (C=O) groups excluding carboxylic acids is 1. The number of morpholine rings is 2. The fourth-order valence-corrected chi connectivity index (χ4v) is 3.86. The molecule has 0 bridgehead atoms. The van der Waals surface area contributed by atoms with Crippen LogP contribution in [-0.4, -0.2) is 72.8 Å². The fraction of sp³-hybridized carbons (Fsp3) is 0.429. The van der Waals surface area contributed by atoms with Crippen molar-refractivity contribution in [2.24, 2.45) is 0 Å². The number of halogens is 1. The first-order valence-electron chi connectivity index (χ1n) is 9.60. The van der Waals surface area contributed by atoms with Gasteiger partial charge in [-0.2, -0.15) is 0 Å². The van der Waals surface area contributed by atoms with Crippen molar-refractivity contribution in [3.8, 4) is 0 Å². The topological polar surface area (TPSA) is 54.9 Å². The van der Waals surface area contributed by atoms with E-state index in [0.29, 0.717) is 31.9 Å². The number of rotatable bonds is 4. The fourth-order valence-electron chi connectivity index (χ4n) is 3.86. The van der Waals surface area contributed by atoms with Gasteiger partial charge in [0.1, 0.15) is 5.82 Å². The third-order valence-corrected chi connectivity index (χ3v) is 5.27. The number of nitrogens with zero attached hydrogens (tertiary/aromatic N) is 3. The van der Waals surface area contributed by atoms with E-state index in [1.54, 1.807) is 12.4 Å². The lowest BCUT2D eigenvalue weighted by Gasteiger charge is -2.43. The Labute approximate surface area is 163 Å². The molecule has 1 aromatic heterocycles. The van der Waals surface area contributed by atoms with E-state index in [1.165, 1.54) is 24.3 Å². The van der Waals surface area contributed by atoms with Gasteiger partial charge in [-0.3, -0.25) is 14.7 Å². The molecule has 4 rings (SSSR count). The maximum atomic E-state index is 13.3. The molecule has 6 nitrogen and oxygen atoms in total. The van der Waals surface area contributed by atoms with Crippen molar-refractivity contribution >= 4 is 5.91 Å². The molecule has 3 heterocycles. The minimum atomic E-state index is -0.354. The molecule has 148 valence electrons. The second-order valence-electron chi connectivity index (χ2n) is 7.06. The monoisotopic (exact) mass is 385 g/mol. The zero-order chi connectivity index (χ0) is 19.3. The molecular formula is C21H24FN3O3. The van der Waals surface area contributed by atoms with Gasteiger partial charge >= 0.3 is 0 Å². The summed E-state index contributed by atoms with van der Waals surface area (Å²) in [5, 5.41) is 0. The van der Waals surface area contributed by atoms with E-state index in [4.69, 9.17) is 9.47 Å². The standard InChI is InChI=1S/C21H24FN3O3/c22-18-5-3-16(4-6-18)21(26)25-10-13-28-19(15-24-8-11-27-12-9-24)20(25)17-2-1-7-23-14-17/h1-7,14,19-20H,8-13,15H2/t19-,20-/m0/s1. The predicted molar refractivity (Wildman–Crippen MR) is 101 cm³/mol. The minimum absolute atomic E-state index is 0.121. The number of aromatic nitrogens is 1. The number of carbonyl (C=O) groups is 1. The first kappa shape index (κ1) is 19.0. The summed E-state index contributed by atoms with van der Waals surface area (Å²) in [5.74, 6) is -0.475. The van der Waals surface area contributed by atoms with Gasteiger partial charge in [0.25, 0.3) is 5.91 Å². The maximum absolute atomic E-state index is 13.3. The van der Waals surface area contributed by atoms with E-state index in [-0.39, 0.29) is 23.9 Å². The molecule has 2 saturated heterocycles. The van der Waals surface area contributed by atoms with Crippen molar-refractivity contribution in [2.75, 3.05) is 46.0 Å². The number of ether oxygens (including phenoxy) is 2. The van der Waals surface area contributed by atoms with E-state index >= 15 is 0 Å². The van der Waals surface area contributed by atoms with Crippen LogP contribution in [0.15, 0.2) is 48.8 Å². The summed E-state index contributed by atoms with van der Waals surface area (Å²) in [5.41, 5.74) is 1.42. The van der Waals surface area contributed by atoms with Crippen LogP contribution in [0, 0.1) is 5.82 Å². The number of hydrogen-bond donors (Lipinski definition) is 0. The Hall–Kier alpha value is -2.35. The van der Waals surface area contributed by atoms with Gasteiger partial charge in [-0.15, -0.1) is 0 Å². The predicted octanol–water partition coefficient (Wildman–Crippen LogP) is 2.14. The molecule has 28 heavy (non-hydrogen) atoms. The van der Waals surface area contributed by atoms with Crippen LogP contribution in [0.5, 0.6) is 0 Å². The average Bonchev–Trinajstić information content (AvgIpc) is 2.75. The maximum Gasteiger partial charge on any atom is 0.254 e. The third-order valence-electron chi connectivity index (χ3n) is 5.27. The van der Waals surface area contributed by atoms with Gasteiger partial charge in [-0.25, -0.2) is 4.39 Å². The molecule has 0 unspecified atom stereocenters. The Bertz CT molecular complexity index is 781. The van der Waals surface area contributed by atoms with Gasteiger partial charge in [-0.05, 0) is 35.9 Å². The van der Waals surface area contributed by atoms with Crippen molar-refractivity contribution in [3.63, 3.8) is 0 Å². The highest BCUT2D eigenvalue weighted by Crippen LogP contribution is 2.31. The van der Waals surface area contributed by atoms with Crippen molar-refractivity contribution in [1.29, 1.82) is 0 Å². The van der Waals surface area contributed by atoms with Gasteiger partial charge in [-0.1, -0.05) is 6.07 Å². The number of benzene rings is 1. The second-order valence-corrected chi connectivity index (χ2v) is 7.06. The van der Waals surface area contributed by atoms with Gasteiger partial charge < -0.3 is 14.4 Å². The molecule has 1 aromatic carbocycles. The second kappa shape index (κ2) is 8.77. The van der Waals surface area contributed by atoms with Crippen LogP contribution in [0.1, 0.15) is 22.0 Å². The SMILES string of the molecule is O=C(c1ccc(F)cc1)N1CCO[C@@H](CN2CCOCC2)[C@@H]1c1cccnc1. The van der Waals surface area contributed by atoms with Crippen molar-refractivity contribution < 1.29 is 18.7 Å². The lowest BCUT2D eigenvalue weighted by Crippen LogP contribution is -2.53. The Morgan fingerprint density at radius 1 is 1.11 bits per heavy atom. The van der Waals surface area contributed by atoms with Crippen LogP contribution in [0.2, 0.25) is 0 Å². The Morgan fingerprint density at radius 3 is 2.61 bits per heavy atom. The lowest BCUT2D eigenvalue weighted by molar-refractivity contribution is -0.0819. The van der Waals surface area contributed by atoms with E-state index in [1.807, 2.05) is 17.0 Å². The largest absolute Gasteiger partial charge is 0.379 e. The molecule has 0 N–H and O–H groups in total. The summed E-state index contributed by atoms with van der Waals surface area (Å²) < 4.78 is 24.8. The summed E-state index contributed by atoms with van der Waals surface area (Å²) in [4.78, 5) is 21.6. The zero-order valence-corrected chi connectivity index (χ0v) is 15.7. The van der Waals surface area contributed by atoms with Crippen molar-refractivity contribution in [3.05, 3.63) is 65.7 Å². The first-order valence-corrected chi connectivity index (χ1v) is 9.60. The smallest absolute Gasteiger partial charge is 0.254 e. The molecule has 2 atom stereocenters. The Balaban J connectivity index is 1.61. The molecule has 0 spiro atoms. The van der Waals surface area contributed by atoms with E-state index < -0.39 is 0 Å². The molecule has 0 radical (unpaired) electrons. The van der Waals surface area contributed by atoms with E-state index in [9.17, 15) is 9.18 Å². The molecule has 2 aromatic rings. The summed E-state index contributed by atoms with van der Waals surface area (Å²) >= 11 is 0. The zero-order valence-electron chi connectivity index (χ0n) is 15.7. The molecular weight excluding hydrogens is 361 g/mol. The summed E-state index contributed by atoms with van der Waals surface area (Å²) in [6, 6.07) is 9.30. The van der Waals surface area contributed by atoms with Crippen molar-refractivity contribution in [2.45, 2.75) is 12.1 Å². The highest BCUT2D eigenvalue weighted by atomic mass is 19.1. The van der Waals surface area contributed by atoms with Crippen LogP contribution in [0.4, 0.5) is 4.39 Å². The first-order chi connectivity index (χ1) is 13.7. The molecule has 0 aliphatic carbocycles. The molecule has 2 fully saturated rings. The lowest BCUT2D eigenvalue weighted by atomic mass is 9.97. The normalized spacial score (nSPS) is 23.5. The van der Waals surface area contributed by atoms with Gasteiger partial charge in [0.2, 0.25) is 0 Å². The van der Waals surface area contributed by atoms with Gasteiger partial charge in [0, 0.05) is 44.1 Å². The Kier molecular flexibility index (Phi) is 5.95. The number of amides is 1. The van der Waals surface area contributed by atoms with Crippen LogP contribution in [-0.2, 0) is 9.47 Å². The average molecular weight is 385 g/mol. The number of hydrogen-bond acceptors (Lipinski definition) is 5. The van der Waals surface area contributed by atoms with Crippen LogP contribution in [0.3, 0.4) is 0 Å².